The first-order chi connectivity index (χ1) is 10.5. The number of benzene rings is 1. The van der Waals surface area contributed by atoms with Crippen LogP contribution in [0.1, 0.15) is 10.4 Å². The molecule has 0 amide bonds. The Balaban J connectivity index is 2.49. The first kappa shape index (κ1) is 13.4. The highest BCUT2D eigenvalue weighted by atomic mass is 35.5. The second kappa shape index (κ2) is 4.34. The predicted molar refractivity (Wildman–Crippen MR) is 87.5 cm³/mol. The smallest absolute Gasteiger partial charge is 0.343 e. The van der Waals surface area contributed by atoms with Gasteiger partial charge in [0, 0.05) is 7.05 Å². The number of hydrogen-bond acceptors (Lipinski definition) is 3. The molecule has 7 heteroatoms. The van der Waals surface area contributed by atoms with E-state index in [4.69, 9.17) is 11.6 Å². The maximum atomic E-state index is 12.6. The van der Waals surface area contributed by atoms with Crippen molar-refractivity contribution in [2.45, 2.75) is 0 Å². The van der Waals surface area contributed by atoms with Crippen molar-refractivity contribution in [3.8, 4) is 0 Å². The van der Waals surface area contributed by atoms with Gasteiger partial charge in [-0.2, -0.15) is 0 Å². The van der Waals surface area contributed by atoms with Crippen molar-refractivity contribution in [1.29, 1.82) is 0 Å². The van der Waals surface area contributed by atoms with Crippen LogP contribution < -0.4 is 5.43 Å². The van der Waals surface area contributed by atoms with Crippen LogP contribution in [0.4, 0.5) is 0 Å². The van der Waals surface area contributed by atoms with Gasteiger partial charge < -0.3 is 9.67 Å². The van der Waals surface area contributed by atoms with E-state index in [1.165, 1.54) is 17.4 Å². The number of nitrogens with zero attached hydrogens (tertiary/aromatic N) is 2. The minimum absolute atomic E-state index is 0.235. The Hall–Kier alpha value is -2.31. The standard InChI is InChI=1S/C15H9ClN2O3S/c1-17-8-4-2-3-5-9(8)18-13(17)11(15(20)21)12(19)7-6-10(16)22-14(7)18/h2-6H,1H3,(H,20,21). The number of thiophene rings is 1. The number of fused-ring (bicyclic) bond motifs is 5. The van der Waals surface area contributed by atoms with Crippen molar-refractivity contribution < 1.29 is 9.90 Å². The summed E-state index contributed by atoms with van der Waals surface area (Å²) in [6.07, 6.45) is 0. The minimum atomic E-state index is -1.24. The largest absolute Gasteiger partial charge is 0.477 e. The molecule has 0 unspecified atom stereocenters. The molecule has 4 rings (SSSR count). The van der Waals surface area contributed by atoms with Crippen LogP contribution in [0, 0.1) is 0 Å². The number of pyridine rings is 1. The van der Waals surface area contributed by atoms with Crippen LogP contribution in [0.5, 0.6) is 0 Å². The molecule has 3 aromatic heterocycles. The summed E-state index contributed by atoms with van der Waals surface area (Å²) in [7, 11) is 1.75. The highest BCUT2D eigenvalue weighted by Crippen LogP contribution is 2.32. The molecule has 0 aliphatic carbocycles. The normalized spacial score (nSPS) is 11.7. The molecule has 0 spiro atoms. The monoisotopic (exact) mass is 332 g/mol. The SMILES string of the molecule is Cn1c2ccccc2n2c3sc(Cl)cc3c(=O)c(C(=O)O)c12. The summed E-state index contributed by atoms with van der Waals surface area (Å²) in [5.41, 5.74) is 1.31. The van der Waals surface area contributed by atoms with Crippen molar-refractivity contribution >= 4 is 55.8 Å². The van der Waals surface area contributed by atoms with Crippen LogP contribution in [0.25, 0.3) is 26.9 Å². The van der Waals surface area contributed by atoms with Crippen molar-refractivity contribution in [1.82, 2.24) is 8.97 Å². The number of para-hydroxylation sites is 2. The number of aryl methyl sites for hydroxylation is 1. The average molecular weight is 333 g/mol. The lowest BCUT2D eigenvalue weighted by molar-refractivity contribution is 0.0697. The summed E-state index contributed by atoms with van der Waals surface area (Å²) in [6, 6.07) is 9.07. The highest BCUT2D eigenvalue weighted by molar-refractivity contribution is 7.22. The van der Waals surface area contributed by atoms with Crippen LogP contribution in [0.15, 0.2) is 35.1 Å². The molecule has 5 nitrogen and oxygen atoms in total. The zero-order valence-electron chi connectivity index (χ0n) is 11.3. The number of carboxylic acids is 1. The fraction of sp³-hybridized carbons (Fsp3) is 0.0667. The molecule has 3 heterocycles. The van der Waals surface area contributed by atoms with E-state index in [0.29, 0.717) is 20.2 Å². The van der Waals surface area contributed by atoms with Gasteiger partial charge in [0.1, 0.15) is 16.0 Å². The van der Waals surface area contributed by atoms with E-state index in [9.17, 15) is 14.7 Å². The number of carboxylic acid groups (broad SMARTS) is 1. The predicted octanol–water partition coefficient (Wildman–Crippen LogP) is 3.36. The molecule has 22 heavy (non-hydrogen) atoms. The topological polar surface area (TPSA) is 63.7 Å². The van der Waals surface area contributed by atoms with Crippen LogP contribution in [0.2, 0.25) is 4.34 Å². The number of rotatable bonds is 1. The van der Waals surface area contributed by atoms with E-state index < -0.39 is 11.4 Å². The first-order valence-corrected chi connectivity index (χ1v) is 7.64. The molecule has 0 saturated carbocycles. The number of halogens is 1. The fourth-order valence-corrected chi connectivity index (χ4v) is 4.14. The van der Waals surface area contributed by atoms with E-state index in [1.54, 1.807) is 16.0 Å². The number of imidazole rings is 1. The molecular weight excluding hydrogens is 324 g/mol. The van der Waals surface area contributed by atoms with E-state index in [2.05, 4.69) is 0 Å². The third-order valence-corrected chi connectivity index (χ3v) is 5.06. The highest BCUT2D eigenvalue weighted by Gasteiger charge is 2.24. The van der Waals surface area contributed by atoms with E-state index in [1.807, 2.05) is 24.3 Å². The molecule has 0 saturated heterocycles. The summed E-state index contributed by atoms with van der Waals surface area (Å²) in [5, 5.41) is 9.86. The molecule has 0 bridgehead atoms. The van der Waals surface area contributed by atoms with Gasteiger partial charge in [-0.3, -0.25) is 9.20 Å². The van der Waals surface area contributed by atoms with Gasteiger partial charge in [-0.1, -0.05) is 23.7 Å². The molecule has 1 aromatic carbocycles. The van der Waals surface area contributed by atoms with Gasteiger partial charge in [0.15, 0.2) is 0 Å². The quantitative estimate of drug-likeness (QED) is 0.581. The zero-order valence-corrected chi connectivity index (χ0v) is 12.9. The Morgan fingerprint density at radius 2 is 1.95 bits per heavy atom. The molecule has 0 radical (unpaired) electrons. The Morgan fingerprint density at radius 1 is 1.27 bits per heavy atom. The Bertz CT molecular complexity index is 1150. The summed E-state index contributed by atoms with van der Waals surface area (Å²) < 4.78 is 3.98. The van der Waals surface area contributed by atoms with Crippen molar-refractivity contribution in [3.05, 3.63) is 50.5 Å². The maximum absolute atomic E-state index is 12.6. The van der Waals surface area contributed by atoms with Crippen molar-refractivity contribution in [3.63, 3.8) is 0 Å². The average Bonchev–Trinajstić information content (AvgIpc) is 2.99. The second-order valence-electron chi connectivity index (χ2n) is 4.99. The van der Waals surface area contributed by atoms with Crippen molar-refractivity contribution in [2.75, 3.05) is 0 Å². The number of carbonyl (C=O) groups is 1. The van der Waals surface area contributed by atoms with Crippen LogP contribution in [0.3, 0.4) is 0 Å². The summed E-state index contributed by atoms with van der Waals surface area (Å²) in [6.45, 7) is 0. The minimum Gasteiger partial charge on any atom is -0.477 e. The number of aromatic nitrogens is 2. The second-order valence-corrected chi connectivity index (χ2v) is 6.65. The first-order valence-electron chi connectivity index (χ1n) is 6.45. The van der Waals surface area contributed by atoms with E-state index >= 15 is 0 Å². The van der Waals surface area contributed by atoms with Gasteiger partial charge in [-0.25, -0.2) is 4.79 Å². The lowest BCUT2D eigenvalue weighted by Crippen LogP contribution is -2.18. The molecule has 110 valence electrons. The molecule has 4 aromatic rings. The third-order valence-electron chi connectivity index (χ3n) is 3.81. The van der Waals surface area contributed by atoms with Gasteiger partial charge in [0.05, 0.1) is 20.8 Å². The summed E-state index contributed by atoms with van der Waals surface area (Å²) >= 11 is 7.32. The summed E-state index contributed by atoms with van der Waals surface area (Å²) in [5.74, 6) is -1.24. The number of hydrogen-bond donors (Lipinski definition) is 1. The fourth-order valence-electron chi connectivity index (χ4n) is 2.91. The van der Waals surface area contributed by atoms with Crippen molar-refractivity contribution in [2.24, 2.45) is 7.05 Å². The number of aromatic carboxylic acids is 1. The molecule has 0 aliphatic heterocycles. The lowest BCUT2D eigenvalue weighted by Gasteiger charge is -2.04. The van der Waals surface area contributed by atoms with Crippen LogP contribution in [-0.2, 0) is 7.05 Å². The van der Waals surface area contributed by atoms with Crippen LogP contribution in [-0.4, -0.2) is 20.0 Å². The molecule has 1 N–H and O–H groups in total. The maximum Gasteiger partial charge on any atom is 0.343 e. The molecular formula is C15H9ClN2O3S. The molecule has 0 aliphatic rings. The Morgan fingerprint density at radius 3 is 2.64 bits per heavy atom. The molecule has 0 fully saturated rings. The Labute approximate surface area is 132 Å². The van der Waals surface area contributed by atoms with Gasteiger partial charge in [-0.15, -0.1) is 11.3 Å². The van der Waals surface area contributed by atoms with E-state index in [0.717, 1.165) is 11.0 Å². The van der Waals surface area contributed by atoms with Gasteiger partial charge in [0.2, 0.25) is 5.43 Å². The van der Waals surface area contributed by atoms with E-state index in [-0.39, 0.29) is 5.56 Å². The van der Waals surface area contributed by atoms with Gasteiger partial charge in [0.25, 0.3) is 0 Å². The zero-order chi connectivity index (χ0) is 15.6. The third kappa shape index (κ3) is 1.53. The Kier molecular flexibility index (Phi) is 2.64. The van der Waals surface area contributed by atoms with Gasteiger partial charge in [-0.05, 0) is 18.2 Å². The van der Waals surface area contributed by atoms with Gasteiger partial charge >= 0.3 is 5.97 Å². The summed E-state index contributed by atoms with van der Waals surface area (Å²) in [4.78, 5) is 24.9. The molecule has 0 atom stereocenters. The van der Waals surface area contributed by atoms with Crippen LogP contribution >= 0.6 is 22.9 Å². The lowest BCUT2D eigenvalue weighted by atomic mass is 10.2.